The Labute approximate surface area is 132 Å². The maximum absolute atomic E-state index is 5.81. The van der Waals surface area contributed by atoms with Crippen molar-refractivity contribution in [2.75, 3.05) is 24.6 Å². The fourth-order valence-corrected chi connectivity index (χ4v) is 2.62. The summed E-state index contributed by atoms with van der Waals surface area (Å²) in [6, 6.07) is 3.79. The predicted octanol–water partition coefficient (Wildman–Crippen LogP) is 2.93. The molecule has 3 rings (SSSR count). The molecular formula is C15H17BrN4O. The van der Waals surface area contributed by atoms with Crippen LogP contribution in [0.3, 0.4) is 0 Å². The molecule has 3 heterocycles. The molecule has 6 heteroatoms. The molecule has 0 saturated carbocycles. The molecule has 0 amide bonds. The molecule has 1 aliphatic rings. The van der Waals surface area contributed by atoms with Gasteiger partial charge in [0.25, 0.3) is 0 Å². The number of rotatable bonds is 4. The zero-order valence-corrected chi connectivity index (χ0v) is 13.2. The minimum atomic E-state index is 0.588. The Morgan fingerprint density at radius 3 is 2.48 bits per heavy atom. The molecule has 0 atom stereocenters. The first-order valence-electron chi connectivity index (χ1n) is 7.06. The van der Waals surface area contributed by atoms with Crippen LogP contribution < -0.4 is 9.64 Å². The van der Waals surface area contributed by atoms with Gasteiger partial charge in [0, 0.05) is 37.9 Å². The van der Waals surface area contributed by atoms with Gasteiger partial charge in [-0.1, -0.05) is 0 Å². The lowest BCUT2D eigenvalue weighted by molar-refractivity contribution is 0.222. The van der Waals surface area contributed by atoms with Gasteiger partial charge in [-0.3, -0.25) is 4.98 Å². The standard InChI is InChI=1S/C15H17BrN4O/c16-13-9-18-15(19-10-13)20-7-3-12(4-8-20)11-21-14-1-5-17-6-2-14/h1-2,5-6,9-10,12H,3-4,7-8,11H2. The first-order chi connectivity index (χ1) is 10.3. The topological polar surface area (TPSA) is 51.1 Å². The average Bonchev–Trinajstić information content (AvgIpc) is 2.55. The van der Waals surface area contributed by atoms with Gasteiger partial charge >= 0.3 is 0 Å². The van der Waals surface area contributed by atoms with Gasteiger partial charge in [0.05, 0.1) is 11.1 Å². The van der Waals surface area contributed by atoms with Gasteiger partial charge in [-0.25, -0.2) is 9.97 Å². The van der Waals surface area contributed by atoms with Crippen molar-refractivity contribution in [1.29, 1.82) is 0 Å². The highest BCUT2D eigenvalue weighted by atomic mass is 79.9. The largest absolute Gasteiger partial charge is 0.493 e. The first kappa shape index (κ1) is 14.3. The highest BCUT2D eigenvalue weighted by Gasteiger charge is 2.21. The molecule has 0 bridgehead atoms. The summed E-state index contributed by atoms with van der Waals surface area (Å²) in [7, 11) is 0. The molecule has 0 unspecified atom stereocenters. The Kier molecular flexibility index (Phi) is 4.65. The second kappa shape index (κ2) is 6.85. The summed E-state index contributed by atoms with van der Waals surface area (Å²) in [5.74, 6) is 2.29. The zero-order chi connectivity index (χ0) is 14.5. The van der Waals surface area contributed by atoms with Crippen LogP contribution in [0.15, 0.2) is 41.4 Å². The molecular weight excluding hydrogens is 332 g/mol. The summed E-state index contributed by atoms with van der Waals surface area (Å²) in [4.78, 5) is 14.9. The molecule has 1 aliphatic heterocycles. The van der Waals surface area contributed by atoms with Gasteiger partial charge < -0.3 is 9.64 Å². The molecule has 5 nitrogen and oxygen atoms in total. The third kappa shape index (κ3) is 3.91. The summed E-state index contributed by atoms with van der Waals surface area (Å²) in [5.41, 5.74) is 0. The predicted molar refractivity (Wildman–Crippen MR) is 84.4 cm³/mol. The van der Waals surface area contributed by atoms with Crippen molar-refractivity contribution in [3.05, 3.63) is 41.4 Å². The van der Waals surface area contributed by atoms with Gasteiger partial charge in [0.1, 0.15) is 5.75 Å². The van der Waals surface area contributed by atoms with Crippen LogP contribution in [0, 0.1) is 5.92 Å². The lowest BCUT2D eigenvalue weighted by atomic mass is 9.98. The molecule has 0 aliphatic carbocycles. The Balaban J connectivity index is 1.48. The number of hydrogen-bond donors (Lipinski definition) is 0. The molecule has 1 saturated heterocycles. The van der Waals surface area contributed by atoms with Crippen molar-refractivity contribution in [2.24, 2.45) is 5.92 Å². The van der Waals surface area contributed by atoms with Crippen LogP contribution in [0.4, 0.5) is 5.95 Å². The number of hydrogen-bond acceptors (Lipinski definition) is 5. The van der Waals surface area contributed by atoms with E-state index in [-0.39, 0.29) is 0 Å². The molecule has 0 aromatic carbocycles. The van der Waals surface area contributed by atoms with Crippen LogP contribution >= 0.6 is 15.9 Å². The summed E-state index contributed by atoms with van der Waals surface area (Å²) < 4.78 is 6.72. The van der Waals surface area contributed by atoms with Crippen molar-refractivity contribution >= 4 is 21.9 Å². The highest BCUT2D eigenvalue weighted by Crippen LogP contribution is 2.22. The molecule has 2 aromatic heterocycles. The number of aromatic nitrogens is 3. The highest BCUT2D eigenvalue weighted by molar-refractivity contribution is 9.10. The van der Waals surface area contributed by atoms with Gasteiger partial charge in [-0.15, -0.1) is 0 Å². The third-order valence-corrected chi connectivity index (χ3v) is 4.05. The number of anilines is 1. The molecule has 110 valence electrons. The van der Waals surface area contributed by atoms with E-state index in [1.54, 1.807) is 24.8 Å². The van der Waals surface area contributed by atoms with Crippen molar-refractivity contribution in [2.45, 2.75) is 12.8 Å². The van der Waals surface area contributed by atoms with E-state index < -0.39 is 0 Å². The van der Waals surface area contributed by atoms with E-state index in [4.69, 9.17) is 4.74 Å². The van der Waals surface area contributed by atoms with E-state index in [1.165, 1.54) is 0 Å². The fraction of sp³-hybridized carbons (Fsp3) is 0.400. The minimum Gasteiger partial charge on any atom is -0.493 e. The fourth-order valence-electron chi connectivity index (χ4n) is 2.42. The monoisotopic (exact) mass is 348 g/mol. The molecule has 0 radical (unpaired) electrons. The van der Waals surface area contributed by atoms with E-state index in [0.29, 0.717) is 5.92 Å². The first-order valence-corrected chi connectivity index (χ1v) is 7.86. The normalized spacial score (nSPS) is 16.0. The maximum atomic E-state index is 5.81. The van der Waals surface area contributed by atoms with Crippen LogP contribution in [-0.2, 0) is 0 Å². The number of halogens is 1. The second-order valence-electron chi connectivity index (χ2n) is 5.13. The second-order valence-corrected chi connectivity index (χ2v) is 6.04. The number of pyridine rings is 1. The summed E-state index contributed by atoms with van der Waals surface area (Å²) in [6.07, 6.45) is 9.29. The zero-order valence-electron chi connectivity index (χ0n) is 11.7. The molecule has 1 fully saturated rings. The van der Waals surface area contributed by atoms with Crippen LogP contribution in [0.1, 0.15) is 12.8 Å². The van der Waals surface area contributed by atoms with Crippen LogP contribution in [0.2, 0.25) is 0 Å². The molecule has 0 spiro atoms. The smallest absolute Gasteiger partial charge is 0.225 e. The van der Waals surface area contributed by atoms with Crippen molar-refractivity contribution in [1.82, 2.24) is 15.0 Å². The number of ether oxygens (including phenoxy) is 1. The van der Waals surface area contributed by atoms with E-state index in [9.17, 15) is 0 Å². The third-order valence-electron chi connectivity index (χ3n) is 3.64. The van der Waals surface area contributed by atoms with Gasteiger partial charge in [0.2, 0.25) is 5.95 Å². The van der Waals surface area contributed by atoms with Crippen molar-refractivity contribution in [3.8, 4) is 5.75 Å². The van der Waals surface area contributed by atoms with Gasteiger partial charge in [0.15, 0.2) is 0 Å². The van der Waals surface area contributed by atoms with E-state index in [0.717, 1.165) is 48.7 Å². The van der Waals surface area contributed by atoms with E-state index in [2.05, 4.69) is 35.8 Å². The maximum Gasteiger partial charge on any atom is 0.225 e. The Morgan fingerprint density at radius 1 is 1.14 bits per heavy atom. The average molecular weight is 349 g/mol. The van der Waals surface area contributed by atoms with E-state index in [1.807, 2.05) is 12.1 Å². The number of nitrogens with zero attached hydrogens (tertiary/aromatic N) is 4. The summed E-state index contributed by atoms with van der Waals surface area (Å²) >= 11 is 3.36. The molecule has 2 aromatic rings. The Hall–Kier alpha value is -1.69. The van der Waals surface area contributed by atoms with E-state index >= 15 is 0 Å². The lowest BCUT2D eigenvalue weighted by Crippen LogP contribution is -2.36. The summed E-state index contributed by atoms with van der Waals surface area (Å²) in [5, 5.41) is 0. The Morgan fingerprint density at radius 2 is 1.81 bits per heavy atom. The van der Waals surface area contributed by atoms with Gasteiger partial charge in [-0.05, 0) is 46.8 Å². The number of piperidine rings is 1. The Bertz CT molecular complexity index is 556. The minimum absolute atomic E-state index is 0.588. The quantitative estimate of drug-likeness (QED) is 0.850. The molecule has 21 heavy (non-hydrogen) atoms. The summed E-state index contributed by atoms with van der Waals surface area (Å²) in [6.45, 7) is 2.72. The van der Waals surface area contributed by atoms with Crippen LogP contribution in [-0.4, -0.2) is 34.6 Å². The van der Waals surface area contributed by atoms with Crippen LogP contribution in [0.25, 0.3) is 0 Å². The van der Waals surface area contributed by atoms with Gasteiger partial charge in [-0.2, -0.15) is 0 Å². The lowest BCUT2D eigenvalue weighted by Gasteiger charge is -2.31. The van der Waals surface area contributed by atoms with Crippen LogP contribution in [0.5, 0.6) is 5.75 Å². The van der Waals surface area contributed by atoms with Crippen molar-refractivity contribution in [3.63, 3.8) is 0 Å². The van der Waals surface area contributed by atoms with Crippen molar-refractivity contribution < 1.29 is 4.74 Å². The molecule has 0 N–H and O–H groups in total. The SMILES string of the molecule is Brc1cnc(N2CCC(COc3ccncc3)CC2)nc1.